The van der Waals surface area contributed by atoms with Gasteiger partial charge in [-0.25, -0.2) is 4.98 Å². The van der Waals surface area contributed by atoms with Gasteiger partial charge in [0.2, 0.25) is 0 Å². The van der Waals surface area contributed by atoms with Crippen LogP contribution in [-0.4, -0.2) is 42.6 Å². The van der Waals surface area contributed by atoms with E-state index in [4.69, 9.17) is 0 Å². The normalized spacial score (nSPS) is 16.1. The van der Waals surface area contributed by atoms with E-state index in [9.17, 15) is 0 Å². The molecule has 0 spiro atoms. The molecule has 1 fully saturated rings. The van der Waals surface area contributed by atoms with Crippen LogP contribution in [0, 0.1) is 11.8 Å². The average Bonchev–Trinajstić information content (AvgIpc) is 2.96. The fourth-order valence-corrected chi connectivity index (χ4v) is 3.16. The minimum atomic E-state index is 0.848. The van der Waals surface area contributed by atoms with Gasteiger partial charge in [0.05, 0.1) is 6.54 Å². The van der Waals surface area contributed by atoms with E-state index in [-0.39, 0.29) is 0 Å². The Hall–Kier alpha value is -1.83. The molecule has 2 aromatic rings. The summed E-state index contributed by atoms with van der Waals surface area (Å²) in [7, 11) is 0. The molecular formula is C17H19N3S. The number of hydrogen-bond acceptors (Lipinski definition) is 4. The molecule has 3 nitrogen and oxygen atoms in total. The zero-order valence-corrected chi connectivity index (χ0v) is 12.9. The predicted molar refractivity (Wildman–Crippen MR) is 88.7 cm³/mol. The smallest absolute Gasteiger partial charge is 0.185 e. The predicted octanol–water partition coefficient (Wildman–Crippen LogP) is 2.71. The van der Waals surface area contributed by atoms with Crippen LogP contribution in [0.5, 0.6) is 0 Å². The third kappa shape index (κ3) is 4.07. The molecule has 0 unspecified atom stereocenters. The molecule has 0 atom stereocenters. The Bertz CT molecular complexity index is 598. The highest BCUT2D eigenvalue weighted by atomic mass is 32.1. The summed E-state index contributed by atoms with van der Waals surface area (Å²) in [6.45, 7) is 5.16. The Labute approximate surface area is 130 Å². The maximum Gasteiger partial charge on any atom is 0.185 e. The highest BCUT2D eigenvalue weighted by Crippen LogP contribution is 2.18. The van der Waals surface area contributed by atoms with Crippen LogP contribution in [0.1, 0.15) is 12.0 Å². The van der Waals surface area contributed by atoms with Gasteiger partial charge in [0.25, 0.3) is 0 Å². The van der Waals surface area contributed by atoms with Crippen molar-refractivity contribution in [2.45, 2.75) is 6.42 Å². The topological polar surface area (TPSA) is 19.4 Å². The molecule has 0 saturated carbocycles. The third-order valence-electron chi connectivity index (χ3n) is 3.59. The molecule has 1 aliphatic heterocycles. The van der Waals surface area contributed by atoms with E-state index in [0.717, 1.165) is 43.4 Å². The summed E-state index contributed by atoms with van der Waals surface area (Å²) in [6.07, 6.45) is 3.06. The van der Waals surface area contributed by atoms with Crippen molar-refractivity contribution < 1.29 is 0 Å². The Balaban J connectivity index is 1.53. The van der Waals surface area contributed by atoms with Gasteiger partial charge in [-0.2, -0.15) is 0 Å². The van der Waals surface area contributed by atoms with E-state index in [0.29, 0.717) is 0 Å². The van der Waals surface area contributed by atoms with Gasteiger partial charge in [-0.3, -0.25) is 4.90 Å². The lowest BCUT2D eigenvalue weighted by Gasteiger charge is -2.19. The largest absolute Gasteiger partial charge is 0.347 e. The van der Waals surface area contributed by atoms with E-state index < -0.39 is 0 Å². The van der Waals surface area contributed by atoms with E-state index in [1.54, 1.807) is 11.3 Å². The van der Waals surface area contributed by atoms with E-state index in [1.807, 2.05) is 29.8 Å². The summed E-state index contributed by atoms with van der Waals surface area (Å²) < 4.78 is 0. The van der Waals surface area contributed by atoms with Gasteiger partial charge >= 0.3 is 0 Å². The minimum Gasteiger partial charge on any atom is -0.347 e. The Kier molecular flexibility index (Phi) is 4.88. The first-order valence-corrected chi connectivity index (χ1v) is 8.20. The lowest BCUT2D eigenvalue weighted by Crippen LogP contribution is -2.30. The van der Waals surface area contributed by atoms with E-state index in [2.05, 4.69) is 38.8 Å². The molecule has 1 aliphatic rings. The second kappa shape index (κ2) is 7.26. The van der Waals surface area contributed by atoms with E-state index >= 15 is 0 Å². The molecule has 0 radical (unpaired) electrons. The summed E-state index contributed by atoms with van der Waals surface area (Å²) in [5.41, 5.74) is 1.09. The monoisotopic (exact) mass is 297 g/mol. The second-order valence-electron chi connectivity index (χ2n) is 5.10. The van der Waals surface area contributed by atoms with Crippen LogP contribution in [0.25, 0.3) is 0 Å². The second-order valence-corrected chi connectivity index (χ2v) is 5.97. The van der Waals surface area contributed by atoms with Crippen LogP contribution >= 0.6 is 11.3 Å². The van der Waals surface area contributed by atoms with Gasteiger partial charge in [-0.1, -0.05) is 30.0 Å². The molecule has 1 saturated heterocycles. The molecule has 4 heteroatoms. The Morgan fingerprint density at radius 2 is 2.00 bits per heavy atom. The van der Waals surface area contributed by atoms with Crippen LogP contribution < -0.4 is 4.90 Å². The third-order valence-corrected chi connectivity index (χ3v) is 4.42. The molecular weight excluding hydrogens is 278 g/mol. The van der Waals surface area contributed by atoms with Gasteiger partial charge in [0.15, 0.2) is 5.13 Å². The van der Waals surface area contributed by atoms with Crippen LogP contribution in [0.3, 0.4) is 0 Å². The molecule has 0 bridgehead atoms. The van der Waals surface area contributed by atoms with Crippen LogP contribution in [-0.2, 0) is 0 Å². The number of rotatable bonds is 2. The first-order valence-electron chi connectivity index (χ1n) is 7.32. The fraction of sp³-hybridized carbons (Fsp3) is 0.353. The van der Waals surface area contributed by atoms with Gasteiger partial charge in [-0.05, 0) is 18.6 Å². The van der Waals surface area contributed by atoms with Crippen molar-refractivity contribution in [3.8, 4) is 11.8 Å². The van der Waals surface area contributed by atoms with Crippen LogP contribution in [0.15, 0.2) is 41.9 Å². The van der Waals surface area contributed by atoms with Crippen molar-refractivity contribution in [2.24, 2.45) is 0 Å². The highest BCUT2D eigenvalue weighted by Gasteiger charge is 2.15. The molecule has 1 aromatic carbocycles. The maximum atomic E-state index is 4.41. The van der Waals surface area contributed by atoms with Crippen molar-refractivity contribution in [2.75, 3.05) is 37.6 Å². The van der Waals surface area contributed by atoms with Gasteiger partial charge in [-0.15, -0.1) is 11.3 Å². The first kappa shape index (κ1) is 14.1. The Morgan fingerprint density at radius 3 is 2.81 bits per heavy atom. The van der Waals surface area contributed by atoms with Crippen LogP contribution in [0.2, 0.25) is 0 Å². The molecule has 2 heterocycles. The number of thiazole rings is 1. The van der Waals surface area contributed by atoms with Crippen molar-refractivity contribution in [3.05, 3.63) is 47.5 Å². The molecule has 1 aromatic heterocycles. The van der Waals surface area contributed by atoms with Gasteiger partial charge in [0, 0.05) is 43.3 Å². The molecule has 3 rings (SSSR count). The van der Waals surface area contributed by atoms with Crippen molar-refractivity contribution in [3.63, 3.8) is 0 Å². The summed E-state index contributed by atoms with van der Waals surface area (Å²) >= 11 is 1.72. The lowest BCUT2D eigenvalue weighted by molar-refractivity contribution is 0.330. The number of nitrogens with zero attached hydrogens (tertiary/aromatic N) is 3. The number of hydrogen-bond donors (Lipinski definition) is 0. The van der Waals surface area contributed by atoms with Gasteiger partial charge in [0.1, 0.15) is 0 Å². The Morgan fingerprint density at radius 1 is 1.10 bits per heavy atom. The summed E-state index contributed by atoms with van der Waals surface area (Å²) in [5.74, 6) is 6.53. The SMILES string of the molecule is C(#Cc1ccccc1)CN1CCCN(c2nccs2)CC1. The zero-order valence-electron chi connectivity index (χ0n) is 12.0. The molecule has 108 valence electrons. The van der Waals surface area contributed by atoms with Crippen LogP contribution in [0.4, 0.5) is 5.13 Å². The molecule has 0 amide bonds. The standard InChI is InChI=1S/C17H19N3S/c1-2-6-16(7-3-1)8-4-10-19-11-5-12-20(14-13-19)17-18-9-15-21-17/h1-3,6-7,9,15H,5,10-14H2. The molecule has 21 heavy (non-hydrogen) atoms. The summed E-state index contributed by atoms with van der Waals surface area (Å²) in [6, 6.07) is 10.2. The fourth-order valence-electron chi connectivity index (χ4n) is 2.47. The molecule has 0 N–H and O–H groups in total. The van der Waals surface area contributed by atoms with Crippen molar-refractivity contribution >= 4 is 16.5 Å². The van der Waals surface area contributed by atoms with Gasteiger partial charge < -0.3 is 4.90 Å². The van der Waals surface area contributed by atoms with Crippen molar-refractivity contribution in [1.82, 2.24) is 9.88 Å². The van der Waals surface area contributed by atoms with Crippen molar-refractivity contribution in [1.29, 1.82) is 0 Å². The highest BCUT2D eigenvalue weighted by molar-refractivity contribution is 7.13. The number of benzene rings is 1. The number of anilines is 1. The first-order chi connectivity index (χ1) is 10.4. The maximum absolute atomic E-state index is 4.41. The number of aromatic nitrogens is 1. The quantitative estimate of drug-likeness (QED) is 0.795. The summed E-state index contributed by atoms with van der Waals surface area (Å²) in [5, 5.41) is 3.19. The molecule has 0 aliphatic carbocycles. The zero-order chi connectivity index (χ0) is 14.3. The summed E-state index contributed by atoms with van der Waals surface area (Å²) in [4.78, 5) is 9.22. The van der Waals surface area contributed by atoms with E-state index in [1.165, 1.54) is 6.42 Å². The average molecular weight is 297 g/mol. The minimum absolute atomic E-state index is 0.848. The lowest BCUT2D eigenvalue weighted by atomic mass is 10.2.